The maximum absolute atomic E-state index is 11.7. The third-order valence-electron chi connectivity index (χ3n) is 2.55. The van der Waals surface area contributed by atoms with Crippen LogP contribution in [0.1, 0.15) is 26.3 Å². The molecule has 0 saturated heterocycles. The number of benzene rings is 1. The van der Waals surface area contributed by atoms with Gasteiger partial charge in [0.15, 0.2) is 0 Å². The molecule has 1 rings (SSSR count). The number of rotatable bonds is 6. The first-order valence-electron chi connectivity index (χ1n) is 6.93. The largest absolute Gasteiger partial charge is 0.444 e. The molecular formula is C15H23N3O4. The third-order valence-corrected chi connectivity index (χ3v) is 2.55. The molecular weight excluding hydrogens is 286 g/mol. The van der Waals surface area contributed by atoms with E-state index < -0.39 is 23.6 Å². The van der Waals surface area contributed by atoms with E-state index in [2.05, 4.69) is 5.32 Å². The summed E-state index contributed by atoms with van der Waals surface area (Å²) in [4.78, 5) is 23.4. The van der Waals surface area contributed by atoms with Crippen LogP contribution in [0, 0.1) is 0 Å². The summed E-state index contributed by atoms with van der Waals surface area (Å²) >= 11 is 0. The lowest BCUT2D eigenvalue weighted by atomic mass is 10.2. The van der Waals surface area contributed by atoms with Crippen molar-refractivity contribution in [3.05, 3.63) is 35.9 Å². The predicted molar refractivity (Wildman–Crippen MR) is 81.6 cm³/mol. The third kappa shape index (κ3) is 7.05. The van der Waals surface area contributed by atoms with Crippen molar-refractivity contribution in [3.8, 4) is 0 Å². The molecule has 0 aliphatic carbocycles. The molecule has 2 amide bonds. The Kier molecular flexibility index (Phi) is 6.81. The maximum Gasteiger partial charge on any atom is 0.408 e. The normalized spacial score (nSPS) is 12.4. The standard InChI is InChI=1S/C15H23N3O4/c1-15(2,3)22-14(20)17-12(13(19)18-16)10-21-9-11-7-5-4-6-8-11/h4-8,12H,9-10,16H2,1-3H3,(H,17,20)(H,18,19)/t12-/m1/s1. The summed E-state index contributed by atoms with van der Waals surface area (Å²) in [5.74, 6) is 4.55. The number of amides is 2. The quantitative estimate of drug-likeness (QED) is 0.414. The number of hydrogen-bond donors (Lipinski definition) is 3. The number of hydrazine groups is 1. The fraction of sp³-hybridized carbons (Fsp3) is 0.467. The van der Waals surface area contributed by atoms with Gasteiger partial charge in [-0.3, -0.25) is 10.2 Å². The number of carbonyl (C=O) groups excluding carboxylic acids is 2. The number of nitrogens with two attached hydrogens (primary N) is 1. The van der Waals surface area contributed by atoms with E-state index in [1.807, 2.05) is 35.8 Å². The van der Waals surface area contributed by atoms with Gasteiger partial charge in [0.05, 0.1) is 13.2 Å². The van der Waals surface area contributed by atoms with Crippen molar-refractivity contribution in [2.24, 2.45) is 5.84 Å². The van der Waals surface area contributed by atoms with E-state index in [-0.39, 0.29) is 6.61 Å². The van der Waals surface area contributed by atoms with Gasteiger partial charge in [-0.25, -0.2) is 10.6 Å². The second kappa shape index (κ2) is 8.35. The van der Waals surface area contributed by atoms with Crippen molar-refractivity contribution in [1.82, 2.24) is 10.7 Å². The van der Waals surface area contributed by atoms with E-state index >= 15 is 0 Å². The van der Waals surface area contributed by atoms with Crippen LogP contribution in [0.5, 0.6) is 0 Å². The topological polar surface area (TPSA) is 103 Å². The second-order valence-electron chi connectivity index (χ2n) is 5.71. The number of nitrogens with one attached hydrogen (secondary N) is 2. The zero-order chi connectivity index (χ0) is 16.6. The SMILES string of the molecule is CC(C)(C)OC(=O)N[C@H](COCc1ccccc1)C(=O)NN. The number of alkyl carbamates (subject to hydrolysis) is 1. The molecule has 4 N–H and O–H groups in total. The first-order valence-corrected chi connectivity index (χ1v) is 6.93. The van der Waals surface area contributed by atoms with Gasteiger partial charge in [-0.1, -0.05) is 30.3 Å². The minimum Gasteiger partial charge on any atom is -0.444 e. The molecule has 7 heteroatoms. The van der Waals surface area contributed by atoms with Gasteiger partial charge in [-0.05, 0) is 26.3 Å². The van der Waals surface area contributed by atoms with Crippen LogP contribution in [-0.4, -0.2) is 30.3 Å². The fourth-order valence-electron chi connectivity index (χ4n) is 1.60. The van der Waals surface area contributed by atoms with Crippen LogP contribution in [0.25, 0.3) is 0 Å². The molecule has 0 fully saturated rings. The van der Waals surface area contributed by atoms with E-state index in [0.717, 1.165) is 5.56 Å². The molecule has 0 bridgehead atoms. The summed E-state index contributed by atoms with van der Waals surface area (Å²) in [5, 5.41) is 2.43. The Morgan fingerprint density at radius 1 is 1.23 bits per heavy atom. The van der Waals surface area contributed by atoms with Crippen LogP contribution in [0.4, 0.5) is 4.79 Å². The molecule has 0 spiro atoms. The van der Waals surface area contributed by atoms with E-state index in [0.29, 0.717) is 6.61 Å². The van der Waals surface area contributed by atoms with Crippen LogP contribution >= 0.6 is 0 Å². The Hall–Kier alpha value is -2.12. The minimum atomic E-state index is -0.927. The Morgan fingerprint density at radius 2 is 1.86 bits per heavy atom. The Labute approximate surface area is 130 Å². The monoisotopic (exact) mass is 309 g/mol. The lowest BCUT2D eigenvalue weighted by Crippen LogP contribution is -2.52. The van der Waals surface area contributed by atoms with Gasteiger partial charge in [-0.2, -0.15) is 0 Å². The summed E-state index contributed by atoms with van der Waals surface area (Å²) in [7, 11) is 0. The molecule has 0 radical (unpaired) electrons. The Balaban J connectivity index is 2.50. The minimum absolute atomic E-state index is 0.0167. The molecule has 0 unspecified atom stereocenters. The molecule has 0 heterocycles. The number of ether oxygens (including phenoxy) is 2. The van der Waals surface area contributed by atoms with Gasteiger partial charge in [0.25, 0.3) is 5.91 Å². The van der Waals surface area contributed by atoms with Gasteiger partial charge in [0, 0.05) is 0 Å². The zero-order valence-corrected chi connectivity index (χ0v) is 13.1. The van der Waals surface area contributed by atoms with Crippen LogP contribution in [0.3, 0.4) is 0 Å². The van der Waals surface area contributed by atoms with Crippen molar-refractivity contribution < 1.29 is 19.1 Å². The molecule has 7 nitrogen and oxygen atoms in total. The van der Waals surface area contributed by atoms with Gasteiger partial charge < -0.3 is 14.8 Å². The second-order valence-corrected chi connectivity index (χ2v) is 5.71. The van der Waals surface area contributed by atoms with Crippen molar-refractivity contribution in [2.75, 3.05) is 6.61 Å². The van der Waals surface area contributed by atoms with Crippen molar-refractivity contribution in [3.63, 3.8) is 0 Å². The van der Waals surface area contributed by atoms with Crippen LogP contribution < -0.4 is 16.6 Å². The average molecular weight is 309 g/mol. The Morgan fingerprint density at radius 3 is 2.41 bits per heavy atom. The predicted octanol–water partition coefficient (Wildman–Crippen LogP) is 1.09. The smallest absolute Gasteiger partial charge is 0.408 e. The molecule has 1 aromatic carbocycles. The molecule has 0 saturated carbocycles. The molecule has 22 heavy (non-hydrogen) atoms. The van der Waals surface area contributed by atoms with Gasteiger partial charge in [-0.15, -0.1) is 0 Å². The summed E-state index contributed by atoms with van der Waals surface area (Å²) in [6, 6.07) is 8.56. The van der Waals surface area contributed by atoms with Gasteiger partial charge in [0.2, 0.25) is 0 Å². The van der Waals surface area contributed by atoms with Crippen molar-refractivity contribution in [1.29, 1.82) is 0 Å². The highest BCUT2D eigenvalue weighted by Crippen LogP contribution is 2.07. The number of hydrogen-bond acceptors (Lipinski definition) is 5. The summed E-state index contributed by atoms with van der Waals surface area (Å²) in [6.07, 6.45) is -0.704. The summed E-state index contributed by atoms with van der Waals surface area (Å²) in [6.45, 7) is 5.51. The molecule has 0 aliphatic heterocycles. The molecule has 1 aromatic rings. The maximum atomic E-state index is 11.7. The summed E-state index contributed by atoms with van der Waals surface area (Å²) < 4.78 is 10.6. The van der Waals surface area contributed by atoms with Crippen LogP contribution in [0.2, 0.25) is 0 Å². The first kappa shape index (κ1) is 17.9. The van der Waals surface area contributed by atoms with Crippen LogP contribution in [0.15, 0.2) is 30.3 Å². The fourth-order valence-corrected chi connectivity index (χ4v) is 1.60. The van der Waals surface area contributed by atoms with Gasteiger partial charge in [0.1, 0.15) is 11.6 Å². The van der Waals surface area contributed by atoms with E-state index in [1.165, 1.54) is 0 Å². The highest BCUT2D eigenvalue weighted by molar-refractivity contribution is 5.85. The van der Waals surface area contributed by atoms with E-state index in [1.54, 1.807) is 20.8 Å². The lowest BCUT2D eigenvalue weighted by molar-refractivity contribution is -0.124. The zero-order valence-electron chi connectivity index (χ0n) is 13.1. The summed E-state index contributed by atoms with van der Waals surface area (Å²) in [5.41, 5.74) is 2.30. The molecule has 1 atom stereocenters. The number of carbonyl (C=O) groups is 2. The van der Waals surface area contributed by atoms with Crippen molar-refractivity contribution >= 4 is 12.0 Å². The van der Waals surface area contributed by atoms with E-state index in [4.69, 9.17) is 15.3 Å². The molecule has 0 aromatic heterocycles. The van der Waals surface area contributed by atoms with Crippen LogP contribution in [-0.2, 0) is 20.9 Å². The van der Waals surface area contributed by atoms with E-state index in [9.17, 15) is 9.59 Å². The van der Waals surface area contributed by atoms with Crippen molar-refractivity contribution in [2.45, 2.75) is 39.0 Å². The van der Waals surface area contributed by atoms with Gasteiger partial charge >= 0.3 is 6.09 Å². The molecule has 122 valence electrons. The lowest BCUT2D eigenvalue weighted by Gasteiger charge is -2.22. The highest BCUT2D eigenvalue weighted by atomic mass is 16.6. The average Bonchev–Trinajstić information content (AvgIpc) is 2.44. The first-order chi connectivity index (χ1) is 10.3. The molecule has 0 aliphatic rings. The highest BCUT2D eigenvalue weighted by Gasteiger charge is 2.24. The Bertz CT molecular complexity index is 485.